The summed E-state index contributed by atoms with van der Waals surface area (Å²) in [5, 5.41) is 3.42. The number of hydrogen-bond donors (Lipinski definition) is 0. The van der Waals surface area contributed by atoms with Crippen molar-refractivity contribution in [3.8, 4) is 0 Å². The predicted octanol–water partition coefficient (Wildman–Crippen LogP) is 0.570. The van der Waals surface area contributed by atoms with Crippen LogP contribution in [0.1, 0.15) is 13.8 Å². The number of carbonyl (C=O) groups excluding carboxylic acids is 1. The van der Waals surface area contributed by atoms with Gasteiger partial charge in [-0.1, -0.05) is 5.16 Å². The Balaban J connectivity index is 3.52. The van der Waals surface area contributed by atoms with Gasteiger partial charge in [0.05, 0.1) is 6.21 Å². The van der Waals surface area contributed by atoms with Crippen LogP contribution in [0.4, 0.5) is 0 Å². The zero-order chi connectivity index (χ0) is 7.98. The van der Waals surface area contributed by atoms with Gasteiger partial charge in [0, 0.05) is 6.92 Å². The number of hydrogen-bond acceptors (Lipinski definition) is 4. The van der Waals surface area contributed by atoms with Gasteiger partial charge >= 0.3 is 5.97 Å². The van der Waals surface area contributed by atoms with Gasteiger partial charge in [-0.15, -0.1) is 0 Å². The zero-order valence-electron chi connectivity index (χ0n) is 6.33. The molecule has 0 aliphatic heterocycles. The van der Waals surface area contributed by atoms with E-state index in [1.54, 1.807) is 6.92 Å². The minimum atomic E-state index is -0.324. The molecule has 0 aliphatic rings. The topological polar surface area (TPSA) is 47.9 Å². The van der Waals surface area contributed by atoms with Crippen LogP contribution in [0.2, 0.25) is 0 Å². The van der Waals surface area contributed by atoms with Crippen molar-refractivity contribution in [2.75, 3.05) is 7.11 Å². The lowest BCUT2D eigenvalue weighted by atomic mass is 10.4. The van der Waals surface area contributed by atoms with Crippen LogP contribution >= 0.6 is 0 Å². The lowest BCUT2D eigenvalue weighted by Gasteiger charge is -2.03. The standard InChI is InChI=1S/C6H11NO3/c1-5(4-7-9-3)10-6(2)8/h4-5H,1-3H3. The van der Waals surface area contributed by atoms with Crippen LogP contribution in [0.15, 0.2) is 5.16 Å². The molecular formula is C6H11NO3. The quantitative estimate of drug-likeness (QED) is 0.331. The number of oxime groups is 1. The van der Waals surface area contributed by atoms with Gasteiger partial charge in [0.2, 0.25) is 0 Å². The molecule has 0 aromatic rings. The second kappa shape index (κ2) is 4.78. The second-order valence-electron chi connectivity index (χ2n) is 1.75. The summed E-state index contributed by atoms with van der Waals surface area (Å²) >= 11 is 0. The Kier molecular flexibility index (Phi) is 4.28. The number of rotatable bonds is 3. The molecule has 1 atom stereocenters. The van der Waals surface area contributed by atoms with Gasteiger partial charge in [-0.3, -0.25) is 4.79 Å². The van der Waals surface area contributed by atoms with E-state index in [2.05, 4.69) is 14.7 Å². The SMILES string of the molecule is CON=CC(C)OC(C)=O. The fourth-order valence-electron chi connectivity index (χ4n) is 0.439. The summed E-state index contributed by atoms with van der Waals surface area (Å²) in [7, 11) is 1.43. The maximum Gasteiger partial charge on any atom is 0.303 e. The number of ether oxygens (including phenoxy) is 1. The Morgan fingerprint density at radius 1 is 1.70 bits per heavy atom. The van der Waals surface area contributed by atoms with E-state index >= 15 is 0 Å². The zero-order valence-corrected chi connectivity index (χ0v) is 6.33. The second-order valence-corrected chi connectivity index (χ2v) is 1.75. The maximum absolute atomic E-state index is 10.3. The van der Waals surface area contributed by atoms with Crippen molar-refractivity contribution < 1.29 is 14.4 Å². The molecule has 1 unspecified atom stereocenters. The van der Waals surface area contributed by atoms with Crippen LogP contribution in [0, 0.1) is 0 Å². The van der Waals surface area contributed by atoms with Crippen molar-refractivity contribution in [1.29, 1.82) is 0 Å². The fraction of sp³-hybridized carbons (Fsp3) is 0.667. The van der Waals surface area contributed by atoms with Crippen LogP contribution in [0.5, 0.6) is 0 Å². The molecule has 0 saturated carbocycles. The molecule has 0 N–H and O–H groups in total. The number of nitrogens with zero attached hydrogens (tertiary/aromatic N) is 1. The molecule has 10 heavy (non-hydrogen) atoms. The largest absolute Gasteiger partial charge is 0.457 e. The summed E-state index contributed by atoms with van der Waals surface area (Å²) < 4.78 is 4.68. The molecule has 0 bridgehead atoms. The molecule has 0 aliphatic carbocycles. The lowest BCUT2D eigenvalue weighted by molar-refractivity contribution is -0.142. The first kappa shape index (κ1) is 8.94. The highest BCUT2D eigenvalue weighted by Crippen LogP contribution is 1.86. The smallest absolute Gasteiger partial charge is 0.303 e. The van der Waals surface area contributed by atoms with Crippen LogP contribution in [-0.2, 0) is 14.4 Å². The van der Waals surface area contributed by atoms with Crippen molar-refractivity contribution in [2.45, 2.75) is 20.0 Å². The molecule has 0 rings (SSSR count). The van der Waals surface area contributed by atoms with Crippen LogP contribution < -0.4 is 0 Å². The van der Waals surface area contributed by atoms with Crippen LogP contribution in [0.3, 0.4) is 0 Å². The fourth-order valence-corrected chi connectivity index (χ4v) is 0.439. The third-order valence-corrected chi connectivity index (χ3v) is 0.728. The molecule has 0 radical (unpaired) electrons. The third kappa shape index (κ3) is 5.08. The van der Waals surface area contributed by atoms with Gasteiger partial charge < -0.3 is 9.57 Å². The Labute approximate surface area is 59.8 Å². The Morgan fingerprint density at radius 2 is 2.30 bits per heavy atom. The van der Waals surface area contributed by atoms with Gasteiger partial charge in [-0.25, -0.2) is 0 Å². The van der Waals surface area contributed by atoms with E-state index < -0.39 is 0 Å². The Morgan fingerprint density at radius 3 is 2.70 bits per heavy atom. The van der Waals surface area contributed by atoms with Gasteiger partial charge in [-0.2, -0.15) is 0 Å². The molecule has 0 saturated heterocycles. The number of carbonyl (C=O) groups is 1. The highest BCUT2D eigenvalue weighted by molar-refractivity contribution is 5.71. The molecule has 0 amide bonds. The predicted molar refractivity (Wildman–Crippen MR) is 36.7 cm³/mol. The van der Waals surface area contributed by atoms with Crippen LogP contribution in [-0.4, -0.2) is 25.4 Å². The molecular weight excluding hydrogens is 134 g/mol. The molecule has 0 heterocycles. The molecule has 0 aromatic heterocycles. The average Bonchev–Trinajstić information content (AvgIpc) is 1.82. The highest BCUT2D eigenvalue weighted by Gasteiger charge is 1.99. The monoisotopic (exact) mass is 145 g/mol. The van der Waals surface area contributed by atoms with Crippen molar-refractivity contribution in [2.24, 2.45) is 5.16 Å². The van der Waals surface area contributed by atoms with Crippen LogP contribution in [0.25, 0.3) is 0 Å². The van der Waals surface area contributed by atoms with Gasteiger partial charge in [-0.05, 0) is 6.92 Å². The van der Waals surface area contributed by atoms with E-state index in [9.17, 15) is 4.79 Å². The van der Waals surface area contributed by atoms with Crippen molar-refractivity contribution >= 4 is 12.2 Å². The normalized spacial score (nSPS) is 13.1. The van der Waals surface area contributed by atoms with E-state index in [0.29, 0.717) is 0 Å². The Hall–Kier alpha value is -1.06. The summed E-state index contributed by atoms with van der Waals surface area (Å²) in [5.41, 5.74) is 0. The Bertz CT molecular complexity index is 133. The molecule has 0 aromatic carbocycles. The molecule has 0 fully saturated rings. The van der Waals surface area contributed by atoms with E-state index in [0.717, 1.165) is 0 Å². The molecule has 4 heteroatoms. The summed E-state index contributed by atoms with van der Waals surface area (Å²) in [5.74, 6) is -0.324. The van der Waals surface area contributed by atoms with Gasteiger partial charge in [0.15, 0.2) is 0 Å². The highest BCUT2D eigenvalue weighted by atomic mass is 16.6. The first-order valence-corrected chi connectivity index (χ1v) is 2.90. The number of esters is 1. The maximum atomic E-state index is 10.3. The van der Waals surface area contributed by atoms with Gasteiger partial charge in [0.1, 0.15) is 13.2 Å². The minimum absolute atomic E-state index is 0.322. The lowest BCUT2D eigenvalue weighted by Crippen LogP contribution is -2.13. The van der Waals surface area contributed by atoms with Crippen molar-refractivity contribution in [1.82, 2.24) is 0 Å². The summed E-state index contributed by atoms with van der Waals surface area (Å²) in [6.07, 6.45) is 1.08. The van der Waals surface area contributed by atoms with E-state index in [1.807, 2.05) is 0 Å². The van der Waals surface area contributed by atoms with E-state index in [4.69, 9.17) is 0 Å². The third-order valence-electron chi connectivity index (χ3n) is 0.728. The molecule has 0 spiro atoms. The van der Waals surface area contributed by atoms with Gasteiger partial charge in [0.25, 0.3) is 0 Å². The van der Waals surface area contributed by atoms with E-state index in [-0.39, 0.29) is 12.1 Å². The van der Waals surface area contributed by atoms with Crippen molar-refractivity contribution in [3.05, 3.63) is 0 Å². The molecule has 58 valence electrons. The average molecular weight is 145 g/mol. The summed E-state index contributed by atoms with van der Waals surface area (Å²) in [6, 6.07) is 0. The van der Waals surface area contributed by atoms with Crippen molar-refractivity contribution in [3.63, 3.8) is 0 Å². The summed E-state index contributed by atoms with van der Waals surface area (Å²) in [6.45, 7) is 3.04. The first-order valence-electron chi connectivity index (χ1n) is 2.90. The van der Waals surface area contributed by atoms with E-state index in [1.165, 1.54) is 20.2 Å². The molecule has 4 nitrogen and oxygen atoms in total. The first-order chi connectivity index (χ1) is 4.66. The minimum Gasteiger partial charge on any atom is -0.457 e. The summed E-state index contributed by atoms with van der Waals surface area (Å²) in [4.78, 5) is 14.7.